The maximum atomic E-state index is 12.7. The van der Waals surface area contributed by atoms with Crippen LogP contribution in [-0.4, -0.2) is 28.1 Å². The van der Waals surface area contributed by atoms with E-state index in [1.165, 1.54) is 6.08 Å². The van der Waals surface area contributed by atoms with Crippen LogP contribution >= 0.6 is 11.6 Å². The van der Waals surface area contributed by atoms with E-state index in [0.29, 0.717) is 12.8 Å². The Hall–Kier alpha value is -2.27. The van der Waals surface area contributed by atoms with Gasteiger partial charge in [0.2, 0.25) is 0 Å². The number of benzene rings is 1. The van der Waals surface area contributed by atoms with Gasteiger partial charge in [-0.15, -0.1) is 0 Å². The Labute approximate surface area is 157 Å². The minimum Gasteiger partial charge on any atom is -0.507 e. The number of cyclic esters (lactones) is 1. The van der Waals surface area contributed by atoms with Gasteiger partial charge in [0.1, 0.15) is 23.2 Å². The molecule has 2 N–H and O–H groups in total. The number of ether oxygens (including phenoxy) is 1. The zero-order valence-corrected chi connectivity index (χ0v) is 15.6. The molecule has 1 atom stereocenters. The van der Waals surface area contributed by atoms with Gasteiger partial charge in [0.25, 0.3) is 0 Å². The number of ketones is 1. The van der Waals surface area contributed by atoms with Gasteiger partial charge in [0.05, 0.1) is 5.02 Å². The van der Waals surface area contributed by atoms with E-state index in [1.807, 2.05) is 26.0 Å². The van der Waals surface area contributed by atoms with E-state index in [9.17, 15) is 19.8 Å². The second kappa shape index (κ2) is 8.90. The van der Waals surface area contributed by atoms with E-state index >= 15 is 0 Å². The monoisotopic (exact) mass is 378 g/mol. The summed E-state index contributed by atoms with van der Waals surface area (Å²) in [5.41, 5.74) is -0.111. The Morgan fingerprint density at radius 3 is 2.50 bits per heavy atom. The van der Waals surface area contributed by atoms with Crippen LogP contribution in [0.4, 0.5) is 0 Å². The first-order valence-corrected chi connectivity index (χ1v) is 8.97. The standard InChI is InChI=1S/C20H23ClO5/c1-12(2)17-9-7-5-3-4-6-8-13(22)10-14-18(20(25)26-17)15(23)11-16(24)19(14)21/h5-8,11-12,17,23-24H,3-4,9-10H2,1-2H3/t17-/m0/s1. The van der Waals surface area contributed by atoms with Crippen molar-refractivity contribution in [1.29, 1.82) is 0 Å². The molecule has 5 nitrogen and oxygen atoms in total. The van der Waals surface area contributed by atoms with Gasteiger partial charge >= 0.3 is 5.97 Å². The zero-order chi connectivity index (χ0) is 19.3. The third kappa shape index (κ3) is 4.88. The fraction of sp³-hybridized carbons (Fsp3) is 0.400. The summed E-state index contributed by atoms with van der Waals surface area (Å²) >= 11 is 6.11. The molecule has 0 radical (unpaired) electrons. The number of aromatic hydroxyl groups is 2. The van der Waals surface area contributed by atoms with Gasteiger partial charge in [-0.05, 0) is 24.8 Å². The van der Waals surface area contributed by atoms with Crippen molar-refractivity contribution in [2.75, 3.05) is 0 Å². The summed E-state index contributed by atoms with van der Waals surface area (Å²) in [6, 6.07) is 0.982. The Morgan fingerprint density at radius 1 is 1.12 bits per heavy atom. The summed E-state index contributed by atoms with van der Waals surface area (Å²) in [4.78, 5) is 24.9. The number of fused-ring (bicyclic) bond motifs is 1. The van der Waals surface area contributed by atoms with Crippen molar-refractivity contribution < 1.29 is 24.5 Å². The summed E-state index contributed by atoms with van der Waals surface area (Å²) in [5, 5.41) is 19.9. The van der Waals surface area contributed by atoms with Crippen molar-refractivity contribution in [1.82, 2.24) is 0 Å². The number of allylic oxidation sites excluding steroid dienone is 3. The van der Waals surface area contributed by atoms with Crippen LogP contribution in [0.1, 0.15) is 49.0 Å². The van der Waals surface area contributed by atoms with Crippen LogP contribution in [0.2, 0.25) is 5.02 Å². The summed E-state index contributed by atoms with van der Waals surface area (Å²) in [5.74, 6) is -1.84. The molecule has 0 unspecified atom stereocenters. The van der Waals surface area contributed by atoms with Crippen molar-refractivity contribution >= 4 is 23.4 Å². The number of carbonyl (C=O) groups is 2. The quantitative estimate of drug-likeness (QED) is 0.561. The second-order valence-corrected chi connectivity index (χ2v) is 6.98. The van der Waals surface area contributed by atoms with Gasteiger partial charge in [-0.25, -0.2) is 4.79 Å². The number of halogens is 1. The van der Waals surface area contributed by atoms with Crippen molar-refractivity contribution in [3.63, 3.8) is 0 Å². The molecular formula is C20H23ClO5. The molecule has 1 aromatic rings. The van der Waals surface area contributed by atoms with Crippen LogP contribution in [0, 0.1) is 5.92 Å². The van der Waals surface area contributed by atoms with Crippen LogP contribution < -0.4 is 0 Å². The molecule has 0 aliphatic carbocycles. The first kappa shape index (κ1) is 20.0. The van der Waals surface area contributed by atoms with Crippen LogP contribution in [0.25, 0.3) is 0 Å². The molecule has 0 saturated carbocycles. The highest BCUT2D eigenvalue weighted by molar-refractivity contribution is 6.33. The lowest BCUT2D eigenvalue weighted by Gasteiger charge is -2.22. The molecule has 0 amide bonds. The molecule has 0 fully saturated rings. The fourth-order valence-electron chi connectivity index (χ4n) is 2.72. The average molecular weight is 379 g/mol. The van der Waals surface area contributed by atoms with Crippen LogP contribution in [0.3, 0.4) is 0 Å². The molecule has 1 aliphatic heterocycles. The molecule has 26 heavy (non-hydrogen) atoms. The van der Waals surface area contributed by atoms with Crippen molar-refractivity contribution in [3.8, 4) is 11.5 Å². The van der Waals surface area contributed by atoms with Crippen molar-refractivity contribution in [2.45, 2.75) is 45.6 Å². The van der Waals surface area contributed by atoms with E-state index in [-0.39, 0.29) is 40.4 Å². The summed E-state index contributed by atoms with van der Waals surface area (Å²) in [6.45, 7) is 3.87. The lowest BCUT2D eigenvalue weighted by Crippen LogP contribution is -2.24. The predicted molar refractivity (Wildman–Crippen MR) is 99.7 cm³/mol. The minimum atomic E-state index is -0.764. The molecule has 140 valence electrons. The number of hydrogen-bond donors (Lipinski definition) is 2. The van der Waals surface area contributed by atoms with Gasteiger partial charge in [-0.3, -0.25) is 4.79 Å². The normalized spacial score (nSPS) is 19.2. The zero-order valence-electron chi connectivity index (χ0n) is 14.9. The molecule has 0 bridgehead atoms. The Kier molecular flexibility index (Phi) is 6.86. The molecule has 1 aromatic carbocycles. The summed E-state index contributed by atoms with van der Waals surface area (Å²) < 4.78 is 5.57. The van der Waals surface area contributed by atoms with E-state index in [2.05, 4.69) is 0 Å². The minimum absolute atomic E-state index is 0.0659. The molecular weight excluding hydrogens is 356 g/mol. The highest BCUT2D eigenvalue weighted by Gasteiger charge is 2.27. The number of esters is 1. The number of rotatable bonds is 1. The molecule has 1 aliphatic rings. The molecule has 6 heteroatoms. The third-order valence-corrected chi connectivity index (χ3v) is 4.64. The molecule has 2 rings (SSSR count). The third-order valence-electron chi connectivity index (χ3n) is 4.22. The van der Waals surface area contributed by atoms with Crippen LogP contribution in [0.5, 0.6) is 11.5 Å². The second-order valence-electron chi connectivity index (χ2n) is 6.60. The first-order valence-electron chi connectivity index (χ1n) is 8.60. The largest absolute Gasteiger partial charge is 0.507 e. The van der Waals surface area contributed by atoms with Crippen molar-refractivity contribution in [3.05, 3.63) is 46.5 Å². The Balaban J connectivity index is 2.52. The van der Waals surface area contributed by atoms with E-state index in [0.717, 1.165) is 12.5 Å². The highest BCUT2D eigenvalue weighted by atomic mass is 35.5. The maximum absolute atomic E-state index is 12.7. The Morgan fingerprint density at radius 2 is 1.81 bits per heavy atom. The van der Waals surface area contributed by atoms with E-state index in [4.69, 9.17) is 16.3 Å². The predicted octanol–water partition coefficient (Wildman–Crippen LogP) is 4.34. The smallest absolute Gasteiger partial charge is 0.342 e. The van der Waals surface area contributed by atoms with Crippen LogP contribution in [0.15, 0.2) is 30.4 Å². The highest BCUT2D eigenvalue weighted by Crippen LogP contribution is 2.37. The van der Waals surface area contributed by atoms with E-state index in [1.54, 1.807) is 6.08 Å². The SMILES string of the molecule is CC(C)[C@@H]1CC=CCCC=CC(=O)Cc2c(Cl)c(O)cc(O)c2C(=O)O1. The van der Waals surface area contributed by atoms with E-state index < -0.39 is 17.5 Å². The van der Waals surface area contributed by atoms with Gasteiger partial charge in [-0.1, -0.05) is 43.7 Å². The number of phenolic OH excluding ortho intramolecular Hbond substituents is 2. The molecule has 0 saturated heterocycles. The van der Waals surface area contributed by atoms with Gasteiger partial charge < -0.3 is 14.9 Å². The topological polar surface area (TPSA) is 83.8 Å². The molecule has 1 heterocycles. The summed E-state index contributed by atoms with van der Waals surface area (Å²) in [7, 11) is 0. The van der Waals surface area contributed by atoms with Gasteiger partial charge in [0.15, 0.2) is 5.78 Å². The maximum Gasteiger partial charge on any atom is 0.342 e. The molecule has 0 spiro atoms. The first-order chi connectivity index (χ1) is 12.3. The lowest BCUT2D eigenvalue weighted by atomic mass is 9.99. The lowest BCUT2D eigenvalue weighted by molar-refractivity contribution is -0.114. The number of phenols is 2. The number of carbonyl (C=O) groups excluding carboxylic acids is 2. The molecule has 0 aromatic heterocycles. The Bertz CT molecular complexity index is 749. The van der Waals surface area contributed by atoms with Gasteiger partial charge in [0, 0.05) is 24.5 Å². The van der Waals surface area contributed by atoms with Crippen molar-refractivity contribution in [2.24, 2.45) is 5.92 Å². The van der Waals surface area contributed by atoms with Crippen LogP contribution in [-0.2, 0) is 16.0 Å². The van der Waals surface area contributed by atoms with Gasteiger partial charge in [-0.2, -0.15) is 0 Å². The number of hydrogen-bond acceptors (Lipinski definition) is 5. The fourth-order valence-corrected chi connectivity index (χ4v) is 2.93. The average Bonchev–Trinajstić information content (AvgIpc) is 2.56. The summed E-state index contributed by atoms with van der Waals surface area (Å²) in [6.07, 6.45) is 8.55.